The normalized spacial score (nSPS) is 7.83. The molecule has 0 aromatic carbocycles. The zero-order valence-electron chi connectivity index (χ0n) is 3.84. The van der Waals surface area contributed by atoms with E-state index in [9.17, 15) is 0 Å². The van der Waals surface area contributed by atoms with Crippen LogP contribution >= 0.6 is 0 Å². The molecule has 0 aromatic rings. The second-order valence-corrected chi connectivity index (χ2v) is 3.23. The Morgan fingerprint density at radius 3 is 2.17 bits per heavy atom. The molecule has 0 fully saturated rings. The van der Waals surface area contributed by atoms with Crippen LogP contribution in [-0.2, 0) is 0 Å². The molecule has 0 saturated carbocycles. The highest BCUT2D eigenvalue weighted by Gasteiger charge is 1.82. The van der Waals surface area contributed by atoms with Crippen molar-refractivity contribution in [1.29, 1.82) is 0 Å². The third kappa shape index (κ3) is 3.53. The smallest absolute Gasteiger partial charge is 0.127 e. The van der Waals surface area contributed by atoms with E-state index in [1.807, 2.05) is 13.1 Å². The van der Waals surface area contributed by atoms with Crippen molar-refractivity contribution in [3.05, 3.63) is 10.4 Å². The van der Waals surface area contributed by atoms with Crippen LogP contribution in [0.25, 0.3) is 10.4 Å². The van der Waals surface area contributed by atoms with Crippen LogP contribution in [0.2, 0.25) is 13.1 Å². The second kappa shape index (κ2) is 2.75. The summed E-state index contributed by atoms with van der Waals surface area (Å²) in [7, 11) is -0.677. The monoisotopic (exact) mass is 100 g/mol. The van der Waals surface area contributed by atoms with E-state index >= 15 is 0 Å². The van der Waals surface area contributed by atoms with Crippen LogP contribution in [0.1, 0.15) is 0 Å². The molecule has 0 spiro atoms. The summed E-state index contributed by atoms with van der Waals surface area (Å²) in [6.07, 6.45) is 0. The largest absolute Gasteiger partial charge is 0.149 e. The third-order valence-corrected chi connectivity index (χ3v) is 0.734. The molecule has 4 heteroatoms. The van der Waals surface area contributed by atoms with Gasteiger partial charge >= 0.3 is 0 Å². The lowest BCUT2D eigenvalue weighted by Gasteiger charge is -1.78. The minimum atomic E-state index is -0.677. The molecule has 0 bridgehead atoms. The van der Waals surface area contributed by atoms with E-state index in [0.29, 0.717) is 0 Å². The first-order valence-electron chi connectivity index (χ1n) is 1.62. The van der Waals surface area contributed by atoms with Crippen LogP contribution in [0.15, 0.2) is 4.78 Å². The van der Waals surface area contributed by atoms with Gasteiger partial charge < -0.3 is 0 Å². The molecule has 0 aliphatic rings. The lowest BCUT2D eigenvalue weighted by atomic mass is 11.9. The Morgan fingerprint density at radius 2 is 2.17 bits per heavy atom. The van der Waals surface area contributed by atoms with Crippen LogP contribution in [0, 0.1) is 0 Å². The summed E-state index contributed by atoms with van der Waals surface area (Å²) in [4.78, 5) is 2.61. The van der Waals surface area contributed by atoms with Gasteiger partial charge in [-0.05, 0) is 10.4 Å². The lowest BCUT2D eigenvalue weighted by Crippen LogP contribution is -1.88. The fourth-order valence-electron chi connectivity index (χ4n) is 0.0894. The van der Waals surface area contributed by atoms with Crippen molar-refractivity contribution in [3.63, 3.8) is 0 Å². The van der Waals surface area contributed by atoms with Gasteiger partial charge in [0, 0.05) is 0 Å². The van der Waals surface area contributed by atoms with Gasteiger partial charge in [0.25, 0.3) is 0 Å². The van der Waals surface area contributed by atoms with Crippen molar-refractivity contribution < 1.29 is 0 Å². The SMILES string of the molecule is C[Si](C)N=[N+]=[N-]. The van der Waals surface area contributed by atoms with Crippen LogP contribution in [-0.4, -0.2) is 8.96 Å². The maximum Gasteiger partial charge on any atom is 0.149 e. The van der Waals surface area contributed by atoms with E-state index in [4.69, 9.17) is 5.53 Å². The summed E-state index contributed by atoms with van der Waals surface area (Å²) in [6, 6.07) is 0. The molecular weight excluding hydrogens is 94.1 g/mol. The van der Waals surface area contributed by atoms with Gasteiger partial charge in [0.15, 0.2) is 0 Å². The van der Waals surface area contributed by atoms with Crippen LogP contribution in [0.5, 0.6) is 0 Å². The summed E-state index contributed by atoms with van der Waals surface area (Å²) >= 11 is 0. The van der Waals surface area contributed by atoms with Crippen molar-refractivity contribution in [2.45, 2.75) is 13.1 Å². The van der Waals surface area contributed by atoms with E-state index < -0.39 is 8.96 Å². The van der Waals surface area contributed by atoms with E-state index in [1.54, 1.807) is 0 Å². The molecule has 0 N–H and O–H groups in total. The van der Waals surface area contributed by atoms with E-state index in [0.717, 1.165) is 0 Å². The molecular formula is C2H6N3Si. The molecule has 1 radical (unpaired) electrons. The summed E-state index contributed by atoms with van der Waals surface area (Å²) in [5.74, 6) is 0. The second-order valence-electron chi connectivity index (χ2n) is 1.14. The standard InChI is InChI=1S/C2H6N3Si/c1-6(2)5-4-3/h1-2H3. The molecule has 0 aliphatic carbocycles. The van der Waals surface area contributed by atoms with Gasteiger partial charge in [0.1, 0.15) is 8.96 Å². The molecule has 6 heavy (non-hydrogen) atoms. The highest BCUT2D eigenvalue weighted by Crippen LogP contribution is 1.77. The molecule has 33 valence electrons. The molecule has 0 atom stereocenters. The average Bonchev–Trinajstić information content (AvgIpc) is 1.35. The molecule has 0 aromatic heterocycles. The predicted octanol–water partition coefficient (Wildman–Crippen LogP) is 1.55. The first kappa shape index (κ1) is 5.53. The van der Waals surface area contributed by atoms with Crippen molar-refractivity contribution >= 4 is 8.96 Å². The Balaban J connectivity index is 3.29. The van der Waals surface area contributed by atoms with Crippen LogP contribution < -0.4 is 0 Å². The van der Waals surface area contributed by atoms with Crippen LogP contribution in [0.4, 0.5) is 0 Å². The Kier molecular flexibility index (Phi) is 2.53. The maximum absolute atomic E-state index is 7.72. The molecule has 0 rings (SSSR count). The fourth-order valence-corrected chi connectivity index (χ4v) is 0.268. The van der Waals surface area contributed by atoms with Crippen molar-refractivity contribution in [3.8, 4) is 0 Å². The summed E-state index contributed by atoms with van der Waals surface area (Å²) in [6.45, 7) is 3.87. The lowest BCUT2D eigenvalue weighted by molar-refractivity contribution is 1.63. The third-order valence-electron chi connectivity index (χ3n) is 0.245. The highest BCUT2D eigenvalue weighted by atomic mass is 28.3. The first-order valence-corrected chi connectivity index (χ1v) is 4.07. The minimum Gasteiger partial charge on any atom is -0.127 e. The molecule has 3 nitrogen and oxygen atoms in total. The van der Waals surface area contributed by atoms with Gasteiger partial charge in [-0.1, -0.05) is 13.1 Å². The van der Waals surface area contributed by atoms with Gasteiger partial charge in [-0.15, -0.1) is 4.78 Å². The Bertz CT molecular complexity index is 72.9. The Morgan fingerprint density at radius 1 is 1.67 bits per heavy atom. The molecule has 0 heterocycles. The zero-order valence-corrected chi connectivity index (χ0v) is 4.84. The number of azide groups is 1. The Labute approximate surface area is 38.3 Å². The van der Waals surface area contributed by atoms with Gasteiger partial charge in [-0.2, -0.15) is 0 Å². The predicted molar refractivity (Wildman–Crippen MR) is 26.6 cm³/mol. The molecule has 0 unspecified atom stereocenters. The molecule has 0 aliphatic heterocycles. The highest BCUT2D eigenvalue weighted by molar-refractivity contribution is 6.53. The number of hydrogen-bond donors (Lipinski definition) is 0. The van der Waals surface area contributed by atoms with Gasteiger partial charge in [-0.3, -0.25) is 0 Å². The summed E-state index contributed by atoms with van der Waals surface area (Å²) in [5, 5.41) is 0. The minimum absolute atomic E-state index is 0.677. The van der Waals surface area contributed by atoms with Crippen molar-refractivity contribution in [2.75, 3.05) is 0 Å². The summed E-state index contributed by atoms with van der Waals surface area (Å²) < 4.78 is 3.41. The summed E-state index contributed by atoms with van der Waals surface area (Å²) in [5.41, 5.74) is 7.72. The average molecular weight is 100 g/mol. The zero-order chi connectivity index (χ0) is 4.99. The molecule has 0 saturated heterocycles. The van der Waals surface area contributed by atoms with Crippen molar-refractivity contribution in [2.24, 2.45) is 4.78 Å². The van der Waals surface area contributed by atoms with Crippen LogP contribution in [0.3, 0.4) is 0 Å². The topological polar surface area (TPSA) is 48.8 Å². The van der Waals surface area contributed by atoms with Gasteiger partial charge in [0.2, 0.25) is 0 Å². The number of rotatable bonds is 1. The number of hydrogen-bond acceptors (Lipinski definition) is 1. The van der Waals surface area contributed by atoms with E-state index in [2.05, 4.69) is 9.69 Å². The van der Waals surface area contributed by atoms with Gasteiger partial charge in [0.05, 0.1) is 0 Å². The van der Waals surface area contributed by atoms with Gasteiger partial charge in [-0.25, -0.2) is 0 Å². The van der Waals surface area contributed by atoms with E-state index in [-0.39, 0.29) is 0 Å². The fraction of sp³-hybridized carbons (Fsp3) is 1.00. The maximum atomic E-state index is 7.72. The van der Waals surface area contributed by atoms with Crippen molar-refractivity contribution in [1.82, 2.24) is 0 Å². The quantitative estimate of drug-likeness (QED) is 0.208. The van der Waals surface area contributed by atoms with E-state index in [1.165, 1.54) is 0 Å². The Hall–Kier alpha value is -0.473. The first-order chi connectivity index (χ1) is 2.77. The molecule has 0 amide bonds. The number of nitrogens with zero attached hydrogens (tertiary/aromatic N) is 3.